The van der Waals surface area contributed by atoms with Gasteiger partial charge in [-0.3, -0.25) is 9.59 Å². The lowest BCUT2D eigenvalue weighted by Crippen LogP contribution is -2.40. The predicted octanol–water partition coefficient (Wildman–Crippen LogP) is 2.24. The average molecular weight is 420 g/mol. The zero-order valence-corrected chi connectivity index (χ0v) is 17.1. The van der Waals surface area contributed by atoms with Crippen molar-refractivity contribution < 1.29 is 19.1 Å². The van der Waals surface area contributed by atoms with Gasteiger partial charge in [-0.25, -0.2) is 4.98 Å². The quantitative estimate of drug-likeness (QED) is 0.764. The molecular formula is C23H24N4O4. The Labute approximate surface area is 180 Å². The van der Waals surface area contributed by atoms with Gasteiger partial charge >= 0.3 is 0 Å². The number of hydrogen-bond acceptors (Lipinski definition) is 6. The van der Waals surface area contributed by atoms with Crippen LogP contribution in [0.25, 0.3) is 0 Å². The molecule has 2 aliphatic rings. The van der Waals surface area contributed by atoms with Gasteiger partial charge in [0, 0.05) is 23.6 Å². The van der Waals surface area contributed by atoms with Crippen LogP contribution < -0.4 is 15.8 Å². The molecule has 0 radical (unpaired) electrons. The maximum atomic E-state index is 12.5. The van der Waals surface area contributed by atoms with E-state index < -0.39 is 5.91 Å². The smallest absolute Gasteiger partial charge is 0.254 e. The highest BCUT2D eigenvalue weighted by molar-refractivity contribution is 5.95. The molecule has 0 unspecified atom stereocenters. The third-order valence-electron chi connectivity index (χ3n) is 5.70. The molecular weight excluding hydrogens is 396 g/mol. The first kappa shape index (κ1) is 20.8. The molecule has 0 bridgehead atoms. The first-order valence-electron chi connectivity index (χ1n) is 10.4. The molecule has 4 rings (SSSR count). The molecule has 8 heteroatoms. The summed E-state index contributed by atoms with van der Waals surface area (Å²) in [5.41, 5.74) is 8.50. The van der Waals surface area contributed by atoms with Crippen molar-refractivity contribution in [1.82, 2.24) is 10.3 Å². The number of amides is 2. The van der Waals surface area contributed by atoms with Crippen LogP contribution in [-0.2, 0) is 17.8 Å². The van der Waals surface area contributed by atoms with Gasteiger partial charge in [0.1, 0.15) is 11.7 Å². The Kier molecular flexibility index (Phi) is 6.14. The summed E-state index contributed by atoms with van der Waals surface area (Å²) >= 11 is 0. The molecule has 2 heterocycles. The summed E-state index contributed by atoms with van der Waals surface area (Å²) in [6, 6.07) is 10.4. The van der Waals surface area contributed by atoms with Crippen LogP contribution in [-0.4, -0.2) is 35.6 Å². The van der Waals surface area contributed by atoms with Gasteiger partial charge in [-0.15, -0.1) is 0 Å². The first-order valence-corrected chi connectivity index (χ1v) is 10.4. The van der Waals surface area contributed by atoms with Gasteiger partial charge in [0.15, 0.2) is 0 Å². The minimum absolute atomic E-state index is 0.0299. The van der Waals surface area contributed by atoms with Crippen molar-refractivity contribution in [3.8, 4) is 11.9 Å². The fraction of sp³-hybridized carbons (Fsp3) is 0.391. The minimum Gasteiger partial charge on any atom is -0.474 e. The Morgan fingerprint density at radius 1 is 1.23 bits per heavy atom. The Balaban J connectivity index is 1.37. The second-order valence-corrected chi connectivity index (χ2v) is 7.87. The molecule has 2 aromatic rings. The number of carbonyl (C=O) groups is 2. The lowest BCUT2D eigenvalue weighted by atomic mass is 9.92. The summed E-state index contributed by atoms with van der Waals surface area (Å²) in [5, 5.41) is 12.0. The van der Waals surface area contributed by atoms with E-state index in [4.69, 9.17) is 20.5 Å². The van der Waals surface area contributed by atoms with Gasteiger partial charge in [-0.05, 0) is 49.9 Å². The highest BCUT2D eigenvalue weighted by atomic mass is 16.5. The van der Waals surface area contributed by atoms with Crippen molar-refractivity contribution in [3.05, 3.63) is 58.3 Å². The van der Waals surface area contributed by atoms with E-state index in [0.29, 0.717) is 30.8 Å². The lowest BCUT2D eigenvalue weighted by molar-refractivity contribution is 0.0875. The number of pyridine rings is 1. The number of benzene rings is 1. The van der Waals surface area contributed by atoms with Crippen molar-refractivity contribution in [2.45, 2.75) is 50.9 Å². The molecule has 1 aromatic carbocycles. The molecule has 1 fully saturated rings. The van der Waals surface area contributed by atoms with E-state index >= 15 is 0 Å². The number of carbonyl (C=O) groups excluding carboxylic acids is 2. The number of nitrogens with two attached hydrogens (primary N) is 1. The normalized spacial score (nSPS) is 20.2. The van der Waals surface area contributed by atoms with Gasteiger partial charge < -0.3 is 20.5 Å². The summed E-state index contributed by atoms with van der Waals surface area (Å²) in [6.45, 7) is 1.02. The zero-order chi connectivity index (χ0) is 21.8. The van der Waals surface area contributed by atoms with Crippen LogP contribution in [0.1, 0.15) is 63.2 Å². The minimum atomic E-state index is -0.573. The van der Waals surface area contributed by atoms with Crippen LogP contribution >= 0.6 is 0 Å². The monoisotopic (exact) mass is 420 g/mol. The number of fused-ring (bicyclic) bond motifs is 1. The molecule has 0 atom stereocenters. The van der Waals surface area contributed by atoms with Crippen LogP contribution in [0.15, 0.2) is 30.3 Å². The van der Waals surface area contributed by atoms with Crippen molar-refractivity contribution in [2.75, 3.05) is 6.61 Å². The summed E-state index contributed by atoms with van der Waals surface area (Å²) in [6.07, 6.45) is 3.53. The fourth-order valence-electron chi connectivity index (χ4n) is 4.01. The van der Waals surface area contributed by atoms with Crippen LogP contribution in [0.3, 0.4) is 0 Å². The average Bonchev–Trinajstić information content (AvgIpc) is 2.79. The molecule has 1 aliphatic heterocycles. The molecule has 0 saturated heterocycles. The molecule has 1 aliphatic carbocycles. The topological polar surface area (TPSA) is 127 Å². The van der Waals surface area contributed by atoms with Crippen LogP contribution in [0, 0.1) is 11.3 Å². The van der Waals surface area contributed by atoms with E-state index in [9.17, 15) is 9.59 Å². The second-order valence-electron chi connectivity index (χ2n) is 7.87. The maximum absolute atomic E-state index is 12.5. The highest BCUT2D eigenvalue weighted by Gasteiger charge is 2.27. The van der Waals surface area contributed by atoms with E-state index in [1.165, 1.54) is 0 Å². The van der Waals surface area contributed by atoms with Crippen molar-refractivity contribution in [2.24, 2.45) is 5.73 Å². The predicted molar refractivity (Wildman–Crippen MR) is 111 cm³/mol. The van der Waals surface area contributed by atoms with Crippen LogP contribution in [0.4, 0.5) is 0 Å². The first-order chi connectivity index (χ1) is 15.0. The van der Waals surface area contributed by atoms with E-state index in [-0.39, 0.29) is 29.5 Å². The van der Waals surface area contributed by atoms with E-state index in [0.717, 1.165) is 36.9 Å². The van der Waals surface area contributed by atoms with Crippen molar-refractivity contribution >= 4 is 11.8 Å². The van der Waals surface area contributed by atoms with Crippen molar-refractivity contribution in [3.63, 3.8) is 0 Å². The van der Waals surface area contributed by atoms with Gasteiger partial charge in [-0.2, -0.15) is 5.26 Å². The number of ether oxygens (including phenoxy) is 2. The second kappa shape index (κ2) is 9.14. The Bertz CT molecular complexity index is 1040. The molecule has 31 heavy (non-hydrogen) atoms. The highest BCUT2D eigenvalue weighted by Crippen LogP contribution is 2.28. The largest absolute Gasteiger partial charge is 0.474 e. The molecule has 0 spiro atoms. The lowest BCUT2D eigenvalue weighted by Gasteiger charge is -2.30. The standard InChI is InChI=1S/C23H24N4O4/c24-12-14-2-1-3-15(10-14)22(29)26-17-4-6-18(7-5-17)31-23-19(21(25)28)11-16-13-30-9-8-20(16)27-23/h1-3,10-11,17-18H,4-9,13H2,(H2,25,28)(H,26,29). The molecule has 160 valence electrons. The van der Waals surface area contributed by atoms with Crippen molar-refractivity contribution in [1.29, 1.82) is 5.26 Å². The Morgan fingerprint density at radius 2 is 2.03 bits per heavy atom. The summed E-state index contributed by atoms with van der Waals surface area (Å²) in [7, 11) is 0. The number of rotatable bonds is 5. The number of nitriles is 1. The van der Waals surface area contributed by atoms with Gasteiger partial charge in [0.25, 0.3) is 11.8 Å². The third kappa shape index (κ3) is 4.84. The molecule has 3 N–H and O–H groups in total. The molecule has 2 amide bonds. The SMILES string of the molecule is N#Cc1cccc(C(=O)NC2CCC(Oc3nc4c(cc3C(N)=O)COCC4)CC2)c1. The molecule has 1 aromatic heterocycles. The van der Waals surface area contributed by atoms with E-state index in [1.54, 1.807) is 30.3 Å². The summed E-state index contributed by atoms with van der Waals surface area (Å²) in [5.74, 6) is -0.471. The Morgan fingerprint density at radius 3 is 2.77 bits per heavy atom. The fourth-order valence-corrected chi connectivity index (χ4v) is 4.01. The number of primary amides is 1. The van der Waals surface area contributed by atoms with Crippen LogP contribution in [0.2, 0.25) is 0 Å². The van der Waals surface area contributed by atoms with E-state index in [1.807, 2.05) is 6.07 Å². The number of nitrogens with zero attached hydrogens (tertiary/aromatic N) is 2. The maximum Gasteiger partial charge on any atom is 0.254 e. The van der Waals surface area contributed by atoms with Gasteiger partial charge in [0.2, 0.25) is 5.88 Å². The molecule has 8 nitrogen and oxygen atoms in total. The number of hydrogen-bond donors (Lipinski definition) is 2. The number of nitrogens with one attached hydrogen (secondary N) is 1. The van der Waals surface area contributed by atoms with E-state index in [2.05, 4.69) is 10.3 Å². The summed E-state index contributed by atoms with van der Waals surface area (Å²) in [4.78, 5) is 28.9. The third-order valence-corrected chi connectivity index (χ3v) is 5.70. The van der Waals surface area contributed by atoms with Gasteiger partial charge in [-0.1, -0.05) is 6.07 Å². The van der Waals surface area contributed by atoms with Crippen LogP contribution in [0.5, 0.6) is 5.88 Å². The molecule has 1 saturated carbocycles. The van der Waals surface area contributed by atoms with Gasteiger partial charge in [0.05, 0.1) is 30.5 Å². The number of aromatic nitrogens is 1. The zero-order valence-electron chi connectivity index (χ0n) is 17.1. The Hall–Kier alpha value is -3.44. The summed E-state index contributed by atoms with van der Waals surface area (Å²) < 4.78 is 11.5.